The first-order valence-electron chi connectivity index (χ1n) is 5.93. The van der Waals surface area contributed by atoms with Gasteiger partial charge in [-0.3, -0.25) is 0 Å². The van der Waals surface area contributed by atoms with Crippen molar-refractivity contribution in [3.8, 4) is 0 Å². The molecule has 0 aliphatic rings. The smallest absolute Gasteiger partial charge is 0.338 e. The first-order valence-corrected chi connectivity index (χ1v) is 6.75. The molecule has 0 unspecified atom stereocenters. The van der Waals surface area contributed by atoms with E-state index in [4.69, 9.17) is 0 Å². The summed E-state index contributed by atoms with van der Waals surface area (Å²) in [5.74, 6) is -0.956. The van der Waals surface area contributed by atoms with Gasteiger partial charge in [0.05, 0.1) is 5.56 Å². The van der Waals surface area contributed by atoms with Gasteiger partial charge in [0.1, 0.15) is 5.03 Å². The molecule has 0 spiro atoms. The van der Waals surface area contributed by atoms with Gasteiger partial charge in [0.25, 0.3) is 0 Å². The standard InChI is InChI=1S/C13H15N3O2S/c1-4-16-6-5-14-13(16)19-11-10(12(17)18)8(2)7-9(3)15-11/h5-7H,4H2,1-3H3,(H,17,18). The summed E-state index contributed by atoms with van der Waals surface area (Å²) in [4.78, 5) is 19.9. The molecule has 2 aromatic heterocycles. The van der Waals surface area contributed by atoms with Gasteiger partial charge in [-0.15, -0.1) is 0 Å². The Morgan fingerprint density at radius 1 is 1.47 bits per heavy atom. The molecule has 2 rings (SSSR count). The lowest BCUT2D eigenvalue weighted by atomic mass is 10.1. The maximum absolute atomic E-state index is 11.4. The van der Waals surface area contributed by atoms with Crippen molar-refractivity contribution in [3.05, 3.63) is 35.3 Å². The van der Waals surface area contributed by atoms with E-state index in [1.165, 1.54) is 11.8 Å². The molecule has 0 bridgehead atoms. The van der Waals surface area contributed by atoms with Gasteiger partial charge in [-0.1, -0.05) is 0 Å². The minimum absolute atomic E-state index is 0.251. The minimum atomic E-state index is -0.956. The van der Waals surface area contributed by atoms with E-state index in [1.54, 1.807) is 19.2 Å². The van der Waals surface area contributed by atoms with E-state index < -0.39 is 5.97 Å². The van der Waals surface area contributed by atoms with Crippen LogP contribution >= 0.6 is 11.8 Å². The molecule has 0 saturated heterocycles. The van der Waals surface area contributed by atoms with Crippen molar-refractivity contribution in [1.82, 2.24) is 14.5 Å². The van der Waals surface area contributed by atoms with Gasteiger partial charge in [-0.25, -0.2) is 14.8 Å². The lowest BCUT2D eigenvalue weighted by molar-refractivity contribution is 0.0691. The Bertz CT molecular complexity index is 622. The lowest BCUT2D eigenvalue weighted by Crippen LogP contribution is -2.06. The Balaban J connectivity index is 2.47. The molecular weight excluding hydrogens is 262 g/mol. The monoisotopic (exact) mass is 277 g/mol. The van der Waals surface area contributed by atoms with E-state index in [9.17, 15) is 9.90 Å². The van der Waals surface area contributed by atoms with Gasteiger partial charge in [0, 0.05) is 24.6 Å². The van der Waals surface area contributed by atoms with Crippen LogP contribution in [0.2, 0.25) is 0 Å². The summed E-state index contributed by atoms with van der Waals surface area (Å²) < 4.78 is 1.95. The fourth-order valence-corrected chi connectivity index (χ4v) is 3.00. The molecule has 5 nitrogen and oxygen atoms in total. The first kappa shape index (κ1) is 13.6. The highest BCUT2D eigenvalue weighted by atomic mass is 32.2. The molecule has 0 amide bonds. The highest BCUT2D eigenvalue weighted by Gasteiger charge is 2.18. The molecule has 0 aliphatic carbocycles. The van der Waals surface area contributed by atoms with Crippen LogP contribution < -0.4 is 0 Å². The fraction of sp³-hybridized carbons (Fsp3) is 0.308. The maximum Gasteiger partial charge on any atom is 0.338 e. The van der Waals surface area contributed by atoms with Crippen LogP contribution in [0, 0.1) is 13.8 Å². The average molecular weight is 277 g/mol. The first-order chi connectivity index (χ1) is 9.02. The summed E-state index contributed by atoms with van der Waals surface area (Å²) in [5.41, 5.74) is 1.78. The van der Waals surface area contributed by atoms with Crippen LogP contribution in [-0.4, -0.2) is 25.6 Å². The maximum atomic E-state index is 11.4. The minimum Gasteiger partial charge on any atom is -0.478 e. The van der Waals surface area contributed by atoms with Gasteiger partial charge in [0.15, 0.2) is 5.16 Å². The van der Waals surface area contributed by atoms with Gasteiger partial charge in [-0.2, -0.15) is 0 Å². The molecule has 0 fully saturated rings. The normalized spacial score (nSPS) is 10.7. The molecule has 2 aromatic rings. The average Bonchev–Trinajstić information content (AvgIpc) is 2.74. The zero-order valence-electron chi connectivity index (χ0n) is 11.0. The van der Waals surface area contributed by atoms with Gasteiger partial charge in [-0.05, 0) is 44.2 Å². The quantitative estimate of drug-likeness (QED) is 0.930. The van der Waals surface area contributed by atoms with Crippen molar-refractivity contribution in [2.45, 2.75) is 37.5 Å². The third-order valence-electron chi connectivity index (χ3n) is 2.73. The second-order valence-electron chi connectivity index (χ2n) is 4.16. The summed E-state index contributed by atoms with van der Waals surface area (Å²) in [6.07, 6.45) is 3.57. The van der Waals surface area contributed by atoms with Gasteiger partial charge >= 0.3 is 5.97 Å². The summed E-state index contributed by atoms with van der Waals surface area (Å²) in [6.45, 7) is 6.44. The van der Waals surface area contributed by atoms with E-state index in [1.807, 2.05) is 24.6 Å². The van der Waals surface area contributed by atoms with E-state index >= 15 is 0 Å². The molecule has 2 heterocycles. The summed E-state index contributed by atoms with van der Waals surface area (Å²) in [5, 5.41) is 10.6. The molecule has 0 saturated carbocycles. The number of hydrogen-bond donors (Lipinski definition) is 1. The van der Waals surface area contributed by atoms with Crippen LogP contribution in [0.25, 0.3) is 0 Å². The summed E-state index contributed by atoms with van der Waals surface area (Å²) in [7, 11) is 0. The zero-order valence-corrected chi connectivity index (χ0v) is 11.9. The van der Waals surface area contributed by atoms with Crippen molar-refractivity contribution in [1.29, 1.82) is 0 Å². The zero-order chi connectivity index (χ0) is 14.0. The fourth-order valence-electron chi connectivity index (χ4n) is 1.86. The number of pyridine rings is 1. The number of imidazole rings is 1. The van der Waals surface area contributed by atoms with Crippen molar-refractivity contribution in [2.75, 3.05) is 0 Å². The van der Waals surface area contributed by atoms with Crippen LogP contribution in [0.15, 0.2) is 28.6 Å². The van der Waals surface area contributed by atoms with E-state index in [0.29, 0.717) is 5.03 Å². The van der Waals surface area contributed by atoms with Gasteiger partial charge in [0.2, 0.25) is 0 Å². The Morgan fingerprint density at radius 3 is 2.84 bits per heavy atom. The molecule has 1 N–H and O–H groups in total. The Kier molecular flexibility index (Phi) is 3.90. The van der Waals surface area contributed by atoms with Gasteiger partial charge < -0.3 is 9.67 Å². The van der Waals surface area contributed by atoms with Crippen molar-refractivity contribution in [2.24, 2.45) is 0 Å². The number of hydrogen-bond acceptors (Lipinski definition) is 4. The number of aryl methyl sites for hydroxylation is 3. The molecular formula is C13H15N3O2S. The van der Waals surface area contributed by atoms with Crippen LogP contribution in [0.4, 0.5) is 0 Å². The predicted molar refractivity (Wildman–Crippen MR) is 72.7 cm³/mol. The largest absolute Gasteiger partial charge is 0.478 e. The molecule has 0 aromatic carbocycles. The van der Waals surface area contributed by atoms with Crippen LogP contribution in [0.3, 0.4) is 0 Å². The van der Waals surface area contributed by atoms with E-state index in [-0.39, 0.29) is 5.56 Å². The number of rotatable bonds is 4. The molecule has 0 aliphatic heterocycles. The van der Waals surface area contributed by atoms with Crippen LogP contribution in [-0.2, 0) is 6.54 Å². The van der Waals surface area contributed by atoms with Crippen molar-refractivity contribution >= 4 is 17.7 Å². The number of aromatic nitrogens is 3. The summed E-state index contributed by atoms with van der Waals surface area (Å²) >= 11 is 1.29. The van der Waals surface area contributed by atoms with Crippen LogP contribution in [0.1, 0.15) is 28.5 Å². The number of aromatic carboxylic acids is 1. The predicted octanol–water partition coefficient (Wildman–Crippen LogP) is 2.76. The second kappa shape index (κ2) is 5.44. The third kappa shape index (κ3) is 2.78. The number of carboxylic acids is 1. The van der Waals surface area contributed by atoms with E-state index in [0.717, 1.165) is 23.0 Å². The Hall–Kier alpha value is -1.82. The second-order valence-corrected chi connectivity index (χ2v) is 5.12. The highest BCUT2D eigenvalue weighted by molar-refractivity contribution is 7.99. The number of nitrogens with zero attached hydrogens (tertiary/aromatic N) is 3. The molecule has 100 valence electrons. The Labute approximate surface area is 115 Å². The lowest BCUT2D eigenvalue weighted by Gasteiger charge is -2.09. The van der Waals surface area contributed by atoms with Crippen molar-refractivity contribution < 1.29 is 9.90 Å². The molecule has 0 atom stereocenters. The molecule has 6 heteroatoms. The SMILES string of the molecule is CCn1ccnc1Sc1nc(C)cc(C)c1C(=O)O. The van der Waals surface area contributed by atoms with E-state index in [2.05, 4.69) is 9.97 Å². The van der Waals surface area contributed by atoms with Crippen LogP contribution in [0.5, 0.6) is 0 Å². The number of carbonyl (C=O) groups is 1. The molecule has 0 radical (unpaired) electrons. The third-order valence-corrected chi connectivity index (χ3v) is 3.74. The summed E-state index contributed by atoms with van der Waals surface area (Å²) in [6, 6.07) is 1.78. The van der Waals surface area contributed by atoms with Crippen molar-refractivity contribution in [3.63, 3.8) is 0 Å². The highest BCUT2D eigenvalue weighted by Crippen LogP contribution is 2.29. The molecule has 19 heavy (non-hydrogen) atoms. The topological polar surface area (TPSA) is 68.0 Å². The number of carboxylic acid groups (broad SMARTS) is 1. The Morgan fingerprint density at radius 2 is 2.21 bits per heavy atom.